The van der Waals surface area contributed by atoms with Crippen LogP contribution in [0.5, 0.6) is 0 Å². The first-order valence-corrected chi connectivity index (χ1v) is 9.87. The van der Waals surface area contributed by atoms with Crippen LogP contribution in [0.25, 0.3) is 0 Å². The molecule has 136 valence electrons. The van der Waals surface area contributed by atoms with E-state index in [1.807, 2.05) is 0 Å². The van der Waals surface area contributed by atoms with Crippen LogP contribution in [0.1, 0.15) is 61.8 Å². The smallest absolute Gasteiger partial charge is 0.0619 e. The topological polar surface area (TPSA) is 9.23 Å². The predicted octanol–water partition coefficient (Wildman–Crippen LogP) is 6.44. The highest BCUT2D eigenvalue weighted by atomic mass is 16.5. The van der Waals surface area contributed by atoms with Gasteiger partial charge in [-0.15, -0.1) is 0 Å². The van der Waals surface area contributed by atoms with E-state index in [2.05, 4.69) is 76.2 Å². The molecule has 0 amide bonds. The Labute approximate surface area is 154 Å². The normalized spacial score (nSPS) is 13.6. The summed E-state index contributed by atoms with van der Waals surface area (Å²) in [5.41, 5.74) is 5.41. The number of rotatable bonds is 10. The second-order valence-electron chi connectivity index (χ2n) is 7.34. The Bertz CT molecular complexity index is 541. The third-order valence-electron chi connectivity index (χ3n) is 4.77. The van der Waals surface area contributed by atoms with Crippen molar-refractivity contribution >= 4 is 0 Å². The van der Waals surface area contributed by atoms with Crippen LogP contribution in [0.3, 0.4) is 0 Å². The molecule has 25 heavy (non-hydrogen) atoms. The summed E-state index contributed by atoms with van der Waals surface area (Å²) in [6.07, 6.45) is 7.25. The molecule has 0 saturated carbocycles. The molecule has 0 radical (unpaired) electrons. The van der Waals surface area contributed by atoms with Gasteiger partial charge in [0.05, 0.1) is 12.2 Å². The SMILES string of the molecule is CCCC(Cc1ccc(C)cc1)OC(CCC)Cc1ccc(C)cc1. The number of ether oxygens (including phenoxy) is 1. The van der Waals surface area contributed by atoms with Crippen molar-refractivity contribution in [2.24, 2.45) is 0 Å². The van der Waals surface area contributed by atoms with Gasteiger partial charge in [-0.05, 0) is 50.7 Å². The van der Waals surface area contributed by atoms with Crippen LogP contribution >= 0.6 is 0 Å². The summed E-state index contributed by atoms with van der Waals surface area (Å²) in [6, 6.07) is 17.8. The Hall–Kier alpha value is -1.60. The van der Waals surface area contributed by atoms with Gasteiger partial charge in [-0.2, -0.15) is 0 Å². The maximum atomic E-state index is 6.60. The average Bonchev–Trinajstić information content (AvgIpc) is 2.59. The molecule has 2 rings (SSSR count). The Morgan fingerprint density at radius 3 is 1.32 bits per heavy atom. The number of hydrogen-bond acceptors (Lipinski definition) is 1. The molecule has 1 heteroatoms. The lowest BCUT2D eigenvalue weighted by molar-refractivity contribution is -0.0200. The highest BCUT2D eigenvalue weighted by Crippen LogP contribution is 2.19. The fourth-order valence-electron chi connectivity index (χ4n) is 3.33. The van der Waals surface area contributed by atoms with Gasteiger partial charge < -0.3 is 4.74 Å². The van der Waals surface area contributed by atoms with Crippen LogP contribution in [-0.4, -0.2) is 12.2 Å². The zero-order valence-electron chi connectivity index (χ0n) is 16.4. The van der Waals surface area contributed by atoms with Gasteiger partial charge in [0.25, 0.3) is 0 Å². The lowest BCUT2D eigenvalue weighted by Gasteiger charge is -2.25. The number of aryl methyl sites for hydroxylation is 2. The minimum absolute atomic E-state index is 0.315. The molecule has 0 aromatic heterocycles. The van der Waals surface area contributed by atoms with Crippen LogP contribution in [0.4, 0.5) is 0 Å². The van der Waals surface area contributed by atoms with E-state index in [1.54, 1.807) is 0 Å². The summed E-state index contributed by atoms with van der Waals surface area (Å²) in [4.78, 5) is 0. The summed E-state index contributed by atoms with van der Waals surface area (Å²) < 4.78 is 6.60. The molecule has 2 aromatic carbocycles. The van der Waals surface area contributed by atoms with Crippen LogP contribution in [0.2, 0.25) is 0 Å². The van der Waals surface area contributed by atoms with E-state index in [9.17, 15) is 0 Å². The molecule has 0 bridgehead atoms. The molecule has 2 aromatic rings. The molecule has 1 nitrogen and oxygen atoms in total. The quantitative estimate of drug-likeness (QED) is 0.484. The van der Waals surface area contributed by atoms with Crippen LogP contribution < -0.4 is 0 Å². The third-order valence-corrected chi connectivity index (χ3v) is 4.77. The van der Waals surface area contributed by atoms with E-state index in [1.165, 1.54) is 35.1 Å². The van der Waals surface area contributed by atoms with Gasteiger partial charge in [-0.1, -0.05) is 86.3 Å². The third kappa shape index (κ3) is 7.04. The zero-order valence-corrected chi connectivity index (χ0v) is 16.4. The maximum absolute atomic E-state index is 6.60. The Balaban J connectivity index is 2.01. The average molecular weight is 339 g/mol. The van der Waals surface area contributed by atoms with E-state index >= 15 is 0 Å². The molecule has 2 unspecified atom stereocenters. The fourth-order valence-corrected chi connectivity index (χ4v) is 3.33. The molecular formula is C24H34O. The molecule has 0 fully saturated rings. The Kier molecular flexibility index (Phi) is 8.21. The van der Waals surface area contributed by atoms with Crippen molar-refractivity contribution in [2.45, 2.75) is 78.4 Å². The molecule has 0 N–H and O–H groups in total. The van der Waals surface area contributed by atoms with Gasteiger partial charge in [-0.3, -0.25) is 0 Å². The molecule has 0 aliphatic rings. The minimum atomic E-state index is 0.315. The molecule has 0 aliphatic heterocycles. The molecular weight excluding hydrogens is 304 g/mol. The molecule has 0 heterocycles. The largest absolute Gasteiger partial charge is 0.374 e. The van der Waals surface area contributed by atoms with Crippen molar-refractivity contribution in [3.05, 3.63) is 70.8 Å². The first-order chi connectivity index (χ1) is 12.1. The van der Waals surface area contributed by atoms with E-state index in [0.29, 0.717) is 12.2 Å². The van der Waals surface area contributed by atoms with E-state index in [0.717, 1.165) is 25.7 Å². The predicted molar refractivity (Wildman–Crippen MR) is 108 cm³/mol. The highest BCUT2D eigenvalue weighted by Gasteiger charge is 2.17. The Morgan fingerprint density at radius 1 is 0.640 bits per heavy atom. The van der Waals surface area contributed by atoms with Gasteiger partial charge in [-0.25, -0.2) is 0 Å². The lowest BCUT2D eigenvalue weighted by Crippen LogP contribution is -2.26. The van der Waals surface area contributed by atoms with Crippen molar-refractivity contribution < 1.29 is 4.74 Å². The molecule has 2 atom stereocenters. The summed E-state index contributed by atoms with van der Waals surface area (Å²) >= 11 is 0. The lowest BCUT2D eigenvalue weighted by atomic mass is 10.0. The number of hydrogen-bond donors (Lipinski definition) is 0. The molecule has 0 saturated heterocycles. The summed E-state index contributed by atoms with van der Waals surface area (Å²) in [7, 11) is 0. The maximum Gasteiger partial charge on any atom is 0.0619 e. The van der Waals surface area contributed by atoms with Crippen molar-refractivity contribution in [3.63, 3.8) is 0 Å². The summed E-state index contributed by atoms with van der Waals surface area (Å²) in [5.74, 6) is 0. The van der Waals surface area contributed by atoms with Gasteiger partial charge in [0.2, 0.25) is 0 Å². The summed E-state index contributed by atoms with van der Waals surface area (Å²) in [5, 5.41) is 0. The van der Waals surface area contributed by atoms with Crippen LogP contribution in [-0.2, 0) is 17.6 Å². The van der Waals surface area contributed by atoms with E-state index in [-0.39, 0.29) is 0 Å². The second-order valence-corrected chi connectivity index (χ2v) is 7.34. The first-order valence-electron chi connectivity index (χ1n) is 9.87. The van der Waals surface area contributed by atoms with E-state index in [4.69, 9.17) is 4.74 Å². The minimum Gasteiger partial charge on any atom is -0.374 e. The molecule has 0 spiro atoms. The number of benzene rings is 2. The van der Waals surface area contributed by atoms with Gasteiger partial charge in [0.15, 0.2) is 0 Å². The van der Waals surface area contributed by atoms with Crippen LogP contribution in [0, 0.1) is 13.8 Å². The monoisotopic (exact) mass is 338 g/mol. The Morgan fingerprint density at radius 2 is 1.00 bits per heavy atom. The van der Waals surface area contributed by atoms with Gasteiger partial charge in [0.1, 0.15) is 0 Å². The van der Waals surface area contributed by atoms with Crippen LogP contribution in [0.15, 0.2) is 48.5 Å². The van der Waals surface area contributed by atoms with Crippen molar-refractivity contribution in [3.8, 4) is 0 Å². The standard InChI is InChI=1S/C24H34O/c1-5-7-23(17-21-13-9-19(3)10-14-21)25-24(8-6-2)18-22-15-11-20(4)12-16-22/h9-16,23-24H,5-8,17-18H2,1-4H3. The van der Waals surface area contributed by atoms with Crippen molar-refractivity contribution in [2.75, 3.05) is 0 Å². The molecule has 0 aliphatic carbocycles. The van der Waals surface area contributed by atoms with Crippen molar-refractivity contribution in [1.29, 1.82) is 0 Å². The first kappa shape index (κ1) is 19.7. The fraction of sp³-hybridized carbons (Fsp3) is 0.500. The van der Waals surface area contributed by atoms with Gasteiger partial charge in [0, 0.05) is 0 Å². The van der Waals surface area contributed by atoms with Crippen molar-refractivity contribution in [1.82, 2.24) is 0 Å². The summed E-state index contributed by atoms with van der Waals surface area (Å²) in [6.45, 7) is 8.78. The van der Waals surface area contributed by atoms with Gasteiger partial charge >= 0.3 is 0 Å². The van der Waals surface area contributed by atoms with E-state index < -0.39 is 0 Å². The second kappa shape index (κ2) is 10.4. The highest BCUT2D eigenvalue weighted by molar-refractivity contribution is 5.23. The zero-order chi connectivity index (χ0) is 18.1.